The Labute approximate surface area is 218 Å². The number of aromatic nitrogens is 5. The van der Waals surface area contributed by atoms with E-state index in [4.69, 9.17) is 28.9 Å². The molecule has 0 aliphatic carbocycles. The molecule has 38 heavy (non-hydrogen) atoms. The predicted octanol–water partition coefficient (Wildman–Crippen LogP) is 5.90. The summed E-state index contributed by atoms with van der Waals surface area (Å²) >= 11 is 0. The summed E-state index contributed by atoms with van der Waals surface area (Å²) in [5.74, 6) is 3.81. The highest BCUT2D eigenvalue weighted by Gasteiger charge is 2.15. The number of aryl methyl sites for hydroxylation is 1. The minimum Gasteiger partial charge on any atom is -0.497 e. The number of benzene rings is 3. The highest BCUT2D eigenvalue weighted by atomic mass is 16.5. The van der Waals surface area contributed by atoms with Gasteiger partial charge in [0.15, 0.2) is 11.5 Å². The fourth-order valence-corrected chi connectivity index (χ4v) is 4.23. The fourth-order valence-electron chi connectivity index (χ4n) is 4.23. The van der Waals surface area contributed by atoms with Crippen LogP contribution in [0, 0.1) is 0 Å². The van der Waals surface area contributed by atoms with Crippen LogP contribution in [-0.4, -0.2) is 39.0 Å². The zero-order valence-corrected chi connectivity index (χ0v) is 21.1. The first kappa shape index (κ1) is 23.4. The molecule has 3 heterocycles. The first-order valence-corrected chi connectivity index (χ1v) is 12.0. The lowest BCUT2D eigenvalue weighted by molar-refractivity contribution is 0.304. The minimum atomic E-state index is 0.369. The molecular formula is C29H25N5O4. The smallest absolute Gasteiger partial charge is 0.234 e. The molecule has 0 saturated carbocycles. The number of nitrogens with one attached hydrogen (secondary N) is 1. The molecule has 6 rings (SSSR count). The van der Waals surface area contributed by atoms with Gasteiger partial charge in [0, 0.05) is 35.8 Å². The SMILES string of the molecule is COc1cc(COc2ccc(-c3nc(Oc4ccc5[nH]ccc5c4)c4cnn(C)c4n3)cc2)cc(OC)c1. The third kappa shape index (κ3) is 4.57. The van der Waals surface area contributed by atoms with Gasteiger partial charge in [0.25, 0.3) is 0 Å². The minimum absolute atomic E-state index is 0.369. The van der Waals surface area contributed by atoms with Gasteiger partial charge in [0.2, 0.25) is 5.88 Å². The third-order valence-corrected chi connectivity index (χ3v) is 6.23. The van der Waals surface area contributed by atoms with Crippen LogP contribution in [0.3, 0.4) is 0 Å². The number of nitrogens with zero attached hydrogens (tertiary/aromatic N) is 4. The number of H-pyrrole nitrogens is 1. The van der Waals surface area contributed by atoms with E-state index in [2.05, 4.69) is 10.1 Å². The normalized spacial score (nSPS) is 11.1. The van der Waals surface area contributed by atoms with Crippen molar-refractivity contribution in [1.82, 2.24) is 24.7 Å². The number of methoxy groups -OCH3 is 2. The quantitative estimate of drug-likeness (QED) is 0.274. The second kappa shape index (κ2) is 9.78. The molecule has 0 spiro atoms. The molecule has 0 radical (unpaired) electrons. The molecule has 1 N–H and O–H groups in total. The number of aromatic amines is 1. The summed E-state index contributed by atoms with van der Waals surface area (Å²) in [6, 6.07) is 21.2. The molecule has 0 bridgehead atoms. The van der Waals surface area contributed by atoms with Crippen molar-refractivity contribution >= 4 is 21.9 Å². The van der Waals surface area contributed by atoms with Crippen molar-refractivity contribution in [3.63, 3.8) is 0 Å². The monoisotopic (exact) mass is 507 g/mol. The van der Waals surface area contributed by atoms with Crippen molar-refractivity contribution in [2.24, 2.45) is 7.05 Å². The first-order valence-electron chi connectivity index (χ1n) is 12.0. The van der Waals surface area contributed by atoms with E-state index in [1.165, 1.54) is 0 Å². The molecule has 0 aliphatic rings. The number of ether oxygens (including phenoxy) is 4. The zero-order chi connectivity index (χ0) is 26.1. The Morgan fingerprint density at radius 3 is 2.34 bits per heavy atom. The molecule has 0 unspecified atom stereocenters. The molecule has 0 aliphatic heterocycles. The Balaban J connectivity index is 1.26. The lowest BCUT2D eigenvalue weighted by Crippen LogP contribution is -1.99. The molecule has 0 fully saturated rings. The van der Waals surface area contributed by atoms with E-state index in [1.54, 1.807) is 25.1 Å². The van der Waals surface area contributed by atoms with E-state index in [9.17, 15) is 0 Å². The van der Waals surface area contributed by atoms with Crippen molar-refractivity contribution in [1.29, 1.82) is 0 Å². The predicted molar refractivity (Wildman–Crippen MR) is 144 cm³/mol. The van der Waals surface area contributed by atoms with Crippen molar-refractivity contribution in [3.05, 3.63) is 84.7 Å². The highest BCUT2D eigenvalue weighted by molar-refractivity contribution is 5.84. The lowest BCUT2D eigenvalue weighted by Gasteiger charge is -2.11. The summed E-state index contributed by atoms with van der Waals surface area (Å²) in [7, 11) is 5.10. The van der Waals surface area contributed by atoms with Crippen molar-refractivity contribution < 1.29 is 18.9 Å². The van der Waals surface area contributed by atoms with Gasteiger partial charge in [-0.15, -0.1) is 0 Å². The molecule has 0 amide bonds. The molecule has 9 heteroatoms. The second-order valence-corrected chi connectivity index (χ2v) is 8.72. The van der Waals surface area contributed by atoms with Gasteiger partial charge in [0.1, 0.15) is 35.0 Å². The molecule has 3 aromatic carbocycles. The zero-order valence-electron chi connectivity index (χ0n) is 21.1. The summed E-state index contributed by atoms with van der Waals surface area (Å²) < 4.78 is 24.6. The van der Waals surface area contributed by atoms with Crippen molar-refractivity contribution in [2.75, 3.05) is 14.2 Å². The van der Waals surface area contributed by atoms with E-state index in [0.717, 1.165) is 27.4 Å². The topological polar surface area (TPSA) is 96.3 Å². The Morgan fingerprint density at radius 2 is 1.58 bits per heavy atom. The average molecular weight is 508 g/mol. The summed E-state index contributed by atoms with van der Waals surface area (Å²) in [5, 5.41) is 6.15. The Morgan fingerprint density at radius 1 is 0.816 bits per heavy atom. The summed E-state index contributed by atoms with van der Waals surface area (Å²) in [6.45, 7) is 0.369. The number of fused-ring (bicyclic) bond motifs is 2. The first-order chi connectivity index (χ1) is 18.6. The van der Waals surface area contributed by atoms with E-state index >= 15 is 0 Å². The van der Waals surface area contributed by atoms with Gasteiger partial charge in [-0.05, 0) is 66.2 Å². The fraction of sp³-hybridized carbons (Fsp3) is 0.138. The van der Waals surface area contributed by atoms with E-state index in [1.807, 2.05) is 80.0 Å². The molecule has 0 saturated heterocycles. The highest BCUT2D eigenvalue weighted by Crippen LogP contribution is 2.32. The lowest BCUT2D eigenvalue weighted by atomic mass is 10.2. The standard InChI is InChI=1S/C29H25N5O4/c1-34-28-25(16-31-34)29(38-22-8-9-26-20(14-22)10-11-30-26)33-27(32-28)19-4-6-21(7-5-19)37-17-18-12-23(35-2)15-24(13-18)36-3/h4-16,30H,17H2,1-3H3. The Hall–Kier alpha value is -5.05. The van der Waals surface area contributed by atoms with Crippen molar-refractivity contribution in [3.8, 4) is 40.3 Å². The Bertz CT molecular complexity index is 1720. The number of rotatable bonds is 8. The van der Waals surface area contributed by atoms with Crippen LogP contribution in [0.4, 0.5) is 0 Å². The summed E-state index contributed by atoms with van der Waals surface area (Å²) in [4.78, 5) is 12.7. The number of hydrogen-bond acceptors (Lipinski definition) is 7. The van der Waals surface area contributed by atoms with Gasteiger partial charge in [-0.25, -0.2) is 4.98 Å². The van der Waals surface area contributed by atoms with Crippen LogP contribution in [0.15, 0.2) is 79.1 Å². The largest absolute Gasteiger partial charge is 0.497 e. The summed E-state index contributed by atoms with van der Waals surface area (Å²) in [6.07, 6.45) is 3.62. The van der Waals surface area contributed by atoms with Gasteiger partial charge in [0.05, 0.1) is 20.4 Å². The molecular weight excluding hydrogens is 482 g/mol. The third-order valence-electron chi connectivity index (χ3n) is 6.23. The maximum Gasteiger partial charge on any atom is 0.234 e. The average Bonchev–Trinajstić information content (AvgIpc) is 3.58. The number of hydrogen-bond donors (Lipinski definition) is 1. The van der Waals surface area contributed by atoms with Crippen molar-refractivity contribution in [2.45, 2.75) is 6.61 Å². The molecule has 6 aromatic rings. The van der Waals surface area contributed by atoms with E-state index in [0.29, 0.717) is 47.0 Å². The molecule has 9 nitrogen and oxygen atoms in total. The van der Waals surface area contributed by atoms with Crippen LogP contribution in [0.2, 0.25) is 0 Å². The van der Waals surface area contributed by atoms with E-state index < -0.39 is 0 Å². The van der Waals surface area contributed by atoms with Crippen LogP contribution in [0.25, 0.3) is 33.3 Å². The van der Waals surface area contributed by atoms with Crippen LogP contribution in [0.5, 0.6) is 28.9 Å². The molecule has 190 valence electrons. The van der Waals surface area contributed by atoms with E-state index in [-0.39, 0.29) is 0 Å². The molecule has 3 aromatic heterocycles. The Kier molecular flexibility index (Phi) is 6.01. The second-order valence-electron chi connectivity index (χ2n) is 8.72. The van der Waals surface area contributed by atoms with Gasteiger partial charge in [-0.1, -0.05) is 0 Å². The maximum absolute atomic E-state index is 6.23. The van der Waals surface area contributed by atoms with Gasteiger partial charge in [-0.3, -0.25) is 4.68 Å². The van der Waals surface area contributed by atoms with Gasteiger partial charge >= 0.3 is 0 Å². The summed E-state index contributed by atoms with van der Waals surface area (Å²) in [5.41, 5.74) is 3.49. The van der Waals surface area contributed by atoms with Gasteiger partial charge in [-0.2, -0.15) is 10.1 Å². The van der Waals surface area contributed by atoms with Gasteiger partial charge < -0.3 is 23.9 Å². The van der Waals surface area contributed by atoms with Crippen LogP contribution < -0.4 is 18.9 Å². The van der Waals surface area contributed by atoms with Crippen LogP contribution >= 0.6 is 0 Å². The maximum atomic E-state index is 6.23. The molecule has 0 atom stereocenters. The van der Waals surface area contributed by atoms with Crippen LogP contribution in [-0.2, 0) is 13.7 Å². The van der Waals surface area contributed by atoms with Crippen LogP contribution in [0.1, 0.15) is 5.56 Å².